The van der Waals surface area contributed by atoms with E-state index in [0.29, 0.717) is 12.0 Å². The minimum Gasteiger partial charge on any atom is -0.383 e. The lowest BCUT2D eigenvalue weighted by molar-refractivity contribution is -0.123. The van der Waals surface area contributed by atoms with Gasteiger partial charge in [0, 0.05) is 26.2 Å². The second kappa shape index (κ2) is 8.71. The summed E-state index contributed by atoms with van der Waals surface area (Å²) in [4.78, 5) is 14.6. The lowest BCUT2D eigenvalue weighted by atomic mass is 9.96. The molecule has 2 fully saturated rings. The summed E-state index contributed by atoms with van der Waals surface area (Å²) in [6.07, 6.45) is 5.67. The molecule has 0 aromatic heterocycles. The van der Waals surface area contributed by atoms with Gasteiger partial charge in [0.2, 0.25) is 5.91 Å². The highest BCUT2D eigenvalue weighted by molar-refractivity contribution is 5.81. The maximum Gasteiger partial charge on any atom is 0.237 e. The molecular formula is C16H31N3O2. The van der Waals surface area contributed by atoms with Gasteiger partial charge in [-0.25, -0.2) is 0 Å². The summed E-state index contributed by atoms with van der Waals surface area (Å²) in [6, 6.07) is 0.562. The topological polar surface area (TPSA) is 53.6 Å². The fourth-order valence-electron chi connectivity index (χ4n) is 3.55. The number of methoxy groups -OCH3 is 1. The Bertz CT molecular complexity index is 319. The van der Waals surface area contributed by atoms with E-state index in [2.05, 4.69) is 22.5 Å². The van der Waals surface area contributed by atoms with Crippen molar-refractivity contribution in [2.45, 2.75) is 51.1 Å². The number of ether oxygens (including phenoxy) is 1. The number of carbonyl (C=O) groups is 1. The zero-order valence-corrected chi connectivity index (χ0v) is 13.6. The molecule has 2 N–H and O–H groups in total. The van der Waals surface area contributed by atoms with Crippen molar-refractivity contribution in [1.29, 1.82) is 0 Å². The lowest BCUT2D eigenvalue weighted by Gasteiger charge is -2.38. The third kappa shape index (κ3) is 4.94. The van der Waals surface area contributed by atoms with Gasteiger partial charge in [-0.1, -0.05) is 6.92 Å². The molecule has 0 aliphatic carbocycles. The molecule has 0 radical (unpaired) electrons. The second-order valence-corrected chi connectivity index (χ2v) is 6.41. The number of piperidine rings is 1. The number of carbonyl (C=O) groups excluding carboxylic acids is 1. The van der Waals surface area contributed by atoms with Gasteiger partial charge >= 0.3 is 0 Å². The second-order valence-electron chi connectivity index (χ2n) is 6.41. The van der Waals surface area contributed by atoms with Crippen molar-refractivity contribution < 1.29 is 9.53 Å². The molecule has 122 valence electrons. The quantitative estimate of drug-likeness (QED) is 0.736. The van der Waals surface area contributed by atoms with Gasteiger partial charge in [0.15, 0.2) is 0 Å². The number of rotatable bonds is 7. The molecule has 0 bridgehead atoms. The van der Waals surface area contributed by atoms with E-state index in [4.69, 9.17) is 4.74 Å². The molecule has 2 saturated heterocycles. The van der Waals surface area contributed by atoms with Crippen LogP contribution in [0.5, 0.6) is 0 Å². The molecule has 21 heavy (non-hydrogen) atoms. The molecule has 2 aliphatic heterocycles. The summed E-state index contributed by atoms with van der Waals surface area (Å²) in [5.41, 5.74) is 0. The normalized spacial score (nSPS) is 28.5. The zero-order chi connectivity index (χ0) is 15.1. The van der Waals surface area contributed by atoms with Gasteiger partial charge in [0.05, 0.1) is 12.6 Å². The van der Waals surface area contributed by atoms with Gasteiger partial charge in [-0.3, -0.25) is 9.69 Å². The Morgan fingerprint density at radius 2 is 2.29 bits per heavy atom. The maximum atomic E-state index is 12.1. The monoisotopic (exact) mass is 297 g/mol. The third-order valence-electron chi connectivity index (χ3n) is 4.84. The number of hydrogen-bond acceptors (Lipinski definition) is 4. The summed E-state index contributed by atoms with van der Waals surface area (Å²) in [5, 5.41) is 6.40. The fraction of sp³-hybridized carbons (Fsp3) is 0.938. The first-order chi connectivity index (χ1) is 10.2. The van der Waals surface area contributed by atoms with E-state index in [1.807, 2.05) is 0 Å². The number of nitrogens with one attached hydrogen (secondary N) is 2. The van der Waals surface area contributed by atoms with E-state index in [-0.39, 0.29) is 11.9 Å². The molecule has 5 heteroatoms. The largest absolute Gasteiger partial charge is 0.383 e. The predicted molar refractivity (Wildman–Crippen MR) is 84.3 cm³/mol. The number of amides is 1. The van der Waals surface area contributed by atoms with E-state index in [0.717, 1.165) is 52.0 Å². The van der Waals surface area contributed by atoms with E-state index >= 15 is 0 Å². The first kappa shape index (κ1) is 16.7. The van der Waals surface area contributed by atoms with E-state index in [1.54, 1.807) is 7.11 Å². The van der Waals surface area contributed by atoms with Crippen LogP contribution in [0, 0.1) is 5.92 Å². The Balaban J connectivity index is 1.74. The smallest absolute Gasteiger partial charge is 0.237 e. The molecule has 2 aliphatic rings. The highest BCUT2D eigenvalue weighted by Crippen LogP contribution is 2.19. The van der Waals surface area contributed by atoms with Crippen LogP contribution in [0.2, 0.25) is 0 Å². The van der Waals surface area contributed by atoms with Crippen LogP contribution in [0.3, 0.4) is 0 Å². The first-order valence-corrected chi connectivity index (χ1v) is 8.48. The van der Waals surface area contributed by atoms with Crippen molar-refractivity contribution in [3.63, 3.8) is 0 Å². The van der Waals surface area contributed by atoms with Gasteiger partial charge in [0.25, 0.3) is 0 Å². The highest BCUT2D eigenvalue weighted by Gasteiger charge is 2.27. The molecule has 3 unspecified atom stereocenters. The Labute approximate surface area is 128 Å². The number of hydrogen-bond donors (Lipinski definition) is 2. The van der Waals surface area contributed by atoms with Crippen molar-refractivity contribution in [3.05, 3.63) is 0 Å². The van der Waals surface area contributed by atoms with Gasteiger partial charge < -0.3 is 15.4 Å². The van der Waals surface area contributed by atoms with Crippen LogP contribution in [-0.4, -0.2) is 62.8 Å². The summed E-state index contributed by atoms with van der Waals surface area (Å²) in [5.74, 6) is 0.767. The molecule has 2 heterocycles. The molecular weight excluding hydrogens is 266 g/mol. The van der Waals surface area contributed by atoms with Crippen LogP contribution >= 0.6 is 0 Å². The lowest BCUT2D eigenvalue weighted by Crippen LogP contribution is -2.48. The Hall–Kier alpha value is -0.650. The van der Waals surface area contributed by atoms with Gasteiger partial charge in [-0.15, -0.1) is 0 Å². The first-order valence-electron chi connectivity index (χ1n) is 8.48. The van der Waals surface area contributed by atoms with Gasteiger partial charge in [0.1, 0.15) is 0 Å². The van der Waals surface area contributed by atoms with Crippen LogP contribution in [0.1, 0.15) is 39.0 Å². The van der Waals surface area contributed by atoms with Crippen molar-refractivity contribution in [3.8, 4) is 0 Å². The molecule has 0 aromatic rings. The van der Waals surface area contributed by atoms with E-state index < -0.39 is 0 Å². The molecule has 0 spiro atoms. The van der Waals surface area contributed by atoms with Crippen molar-refractivity contribution in [2.75, 3.05) is 39.9 Å². The Morgan fingerprint density at radius 3 is 2.95 bits per heavy atom. The summed E-state index contributed by atoms with van der Waals surface area (Å²) in [6.45, 7) is 7.07. The van der Waals surface area contributed by atoms with Crippen LogP contribution in [-0.2, 0) is 9.53 Å². The van der Waals surface area contributed by atoms with Crippen LogP contribution < -0.4 is 10.6 Å². The van der Waals surface area contributed by atoms with Crippen molar-refractivity contribution in [2.24, 2.45) is 5.92 Å². The van der Waals surface area contributed by atoms with Gasteiger partial charge in [-0.05, 0) is 51.1 Å². The van der Waals surface area contributed by atoms with Crippen molar-refractivity contribution in [1.82, 2.24) is 15.5 Å². The minimum atomic E-state index is 0.0431. The molecule has 5 nitrogen and oxygen atoms in total. The van der Waals surface area contributed by atoms with Crippen LogP contribution in [0.15, 0.2) is 0 Å². The molecule has 0 aromatic carbocycles. The average molecular weight is 297 g/mol. The molecule has 3 atom stereocenters. The van der Waals surface area contributed by atoms with Crippen molar-refractivity contribution >= 4 is 5.91 Å². The highest BCUT2D eigenvalue weighted by atomic mass is 16.5. The predicted octanol–water partition coefficient (Wildman–Crippen LogP) is 0.992. The van der Waals surface area contributed by atoms with Crippen LogP contribution in [0.25, 0.3) is 0 Å². The summed E-state index contributed by atoms with van der Waals surface area (Å²) in [7, 11) is 1.78. The summed E-state index contributed by atoms with van der Waals surface area (Å²) >= 11 is 0. The minimum absolute atomic E-state index is 0.0431. The standard InChI is InChI=1S/C16H31N3O2/c1-3-14(12-21-2)19-9-5-6-13(11-19)10-18-16(20)15-7-4-8-17-15/h13-15,17H,3-12H2,1-2H3,(H,18,20). The summed E-state index contributed by atoms with van der Waals surface area (Å²) < 4.78 is 5.33. The Kier molecular flexibility index (Phi) is 6.93. The molecule has 0 saturated carbocycles. The number of nitrogens with zero attached hydrogens (tertiary/aromatic N) is 1. The van der Waals surface area contributed by atoms with E-state index in [1.165, 1.54) is 12.8 Å². The Morgan fingerprint density at radius 1 is 1.43 bits per heavy atom. The maximum absolute atomic E-state index is 12.1. The van der Waals surface area contributed by atoms with Crippen LogP contribution in [0.4, 0.5) is 0 Å². The van der Waals surface area contributed by atoms with Gasteiger partial charge in [-0.2, -0.15) is 0 Å². The SMILES string of the molecule is CCC(COC)N1CCCC(CNC(=O)C2CCCN2)C1. The molecule has 2 rings (SSSR count). The number of likely N-dealkylation sites (tertiary alicyclic amines) is 1. The van der Waals surface area contributed by atoms with E-state index in [9.17, 15) is 4.79 Å². The average Bonchev–Trinajstić information content (AvgIpc) is 3.05. The molecule has 1 amide bonds. The fourth-order valence-corrected chi connectivity index (χ4v) is 3.55. The zero-order valence-electron chi connectivity index (χ0n) is 13.6. The third-order valence-corrected chi connectivity index (χ3v) is 4.84.